The van der Waals surface area contributed by atoms with Gasteiger partial charge >= 0.3 is 0 Å². The number of furan rings is 1. The van der Waals surface area contributed by atoms with Gasteiger partial charge in [-0.15, -0.1) is 12.4 Å². The van der Waals surface area contributed by atoms with Gasteiger partial charge in [0.1, 0.15) is 12.3 Å². The van der Waals surface area contributed by atoms with Gasteiger partial charge in [-0.2, -0.15) is 0 Å². The Morgan fingerprint density at radius 3 is 2.89 bits per heavy atom. The van der Waals surface area contributed by atoms with Gasteiger partial charge in [-0.25, -0.2) is 4.99 Å². The van der Waals surface area contributed by atoms with Crippen LogP contribution in [-0.2, 0) is 6.54 Å². The molecule has 0 fully saturated rings. The van der Waals surface area contributed by atoms with E-state index in [1.165, 1.54) is 0 Å². The molecule has 1 aromatic heterocycles. The second-order valence-corrected chi connectivity index (χ2v) is 3.56. The summed E-state index contributed by atoms with van der Waals surface area (Å²) in [7, 11) is 0. The van der Waals surface area contributed by atoms with E-state index in [1.807, 2.05) is 12.1 Å². The molecule has 102 valence electrons. The second kappa shape index (κ2) is 9.35. The zero-order valence-electron chi connectivity index (χ0n) is 10.4. The third kappa shape index (κ3) is 6.80. The molecule has 6 nitrogen and oxygen atoms in total. The lowest BCUT2D eigenvalue weighted by Crippen LogP contribution is -2.44. The smallest absolute Gasteiger partial charge is 0.198 e. The van der Waals surface area contributed by atoms with Crippen molar-refractivity contribution in [3.63, 3.8) is 0 Å². The van der Waals surface area contributed by atoms with Crippen molar-refractivity contribution in [2.45, 2.75) is 26.3 Å². The molecule has 0 aliphatic rings. The number of rotatable bonds is 5. The van der Waals surface area contributed by atoms with Crippen LogP contribution in [0, 0.1) is 5.41 Å². The molecule has 1 aromatic rings. The number of nitrogens with two attached hydrogens (primary N) is 1. The van der Waals surface area contributed by atoms with Gasteiger partial charge in [0, 0.05) is 6.54 Å². The fourth-order valence-corrected chi connectivity index (χ4v) is 1.21. The molecular formula is C11H20ClN5O. The molecule has 0 unspecified atom stereocenters. The van der Waals surface area contributed by atoms with Gasteiger partial charge < -0.3 is 15.5 Å². The monoisotopic (exact) mass is 273 g/mol. The summed E-state index contributed by atoms with van der Waals surface area (Å²) in [6.07, 6.45) is 3.74. The van der Waals surface area contributed by atoms with Gasteiger partial charge in [0.25, 0.3) is 0 Å². The van der Waals surface area contributed by atoms with Gasteiger partial charge in [0.05, 0.1) is 6.26 Å². The van der Waals surface area contributed by atoms with Crippen LogP contribution in [0.15, 0.2) is 27.8 Å². The Morgan fingerprint density at radius 1 is 1.56 bits per heavy atom. The highest BCUT2D eigenvalue weighted by molar-refractivity contribution is 5.96. The zero-order chi connectivity index (χ0) is 12.5. The maximum Gasteiger partial charge on any atom is 0.198 e. The molecular weight excluding hydrogens is 254 g/mol. The molecule has 0 amide bonds. The van der Waals surface area contributed by atoms with Crippen molar-refractivity contribution in [1.29, 1.82) is 5.41 Å². The minimum Gasteiger partial charge on any atom is -0.467 e. The summed E-state index contributed by atoms with van der Waals surface area (Å²) in [5.74, 6) is 1.14. The van der Waals surface area contributed by atoms with E-state index in [0.717, 1.165) is 25.1 Å². The van der Waals surface area contributed by atoms with Crippen molar-refractivity contribution >= 4 is 24.3 Å². The van der Waals surface area contributed by atoms with Crippen LogP contribution in [0.1, 0.15) is 25.5 Å². The maximum absolute atomic E-state index is 7.18. The van der Waals surface area contributed by atoms with Crippen molar-refractivity contribution in [2.24, 2.45) is 10.7 Å². The van der Waals surface area contributed by atoms with E-state index in [-0.39, 0.29) is 18.4 Å². The first-order valence-corrected chi connectivity index (χ1v) is 5.64. The molecule has 1 rings (SSSR count). The summed E-state index contributed by atoms with van der Waals surface area (Å²) in [6.45, 7) is 3.33. The lowest BCUT2D eigenvalue weighted by Gasteiger charge is -2.10. The van der Waals surface area contributed by atoms with Crippen LogP contribution >= 0.6 is 12.4 Å². The van der Waals surface area contributed by atoms with Crippen LogP contribution < -0.4 is 16.4 Å². The van der Waals surface area contributed by atoms with Crippen LogP contribution in [0.25, 0.3) is 0 Å². The van der Waals surface area contributed by atoms with E-state index < -0.39 is 0 Å². The summed E-state index contributed by atoms with van der Waals surface area (Å²) in [5.41, 5.74) is 5.27. The van der Waals surface area contributed by atoms with E-state index in [0.29, 0.717) is 12.5 Å². The highest BCUT2D eigenvalue weighted by Crippen LogP contribution is 2.00. The quantitative estimate of drug-likeness (QED) is 0.370. The lowest BCUT2D eigenvalue weighted by atomic mass is 10.3. The Bertz CT molecular complexity index is 364. The summed E-state index contributed by atoms with van der Waals surface area (Å²) in [6, 6.07) is 3.66. The summed E-state index contributed by atoms with van der Waals surface area (Å²) in [4.78, 5) is 4.26. The highest BCUT2D eigenvalue weighted by atomic mass is 35.5. The molecule has 0 atom stereocenters. The van der Waals surface area contributed by atoms with E-state index >= 15 is 0 Å². The topological polar surface area (TPSA) is 99.4 Å². The van der Waals surface area contributed by atoms with Crippen molar-refractivity contribution < 1.29 is 4.42 Å². The number of nitrogens with one attached hydrogen (secondary N) is 3. The van der Waals surface area contributed by atoms with Crippen molar-refractivity contribution in [3.05, 3.63) is 24.2 Å². The van der Waals surface area contributed by atoms with Crippen LogP contribution in [0.3, 0.4) is 0 Å². The molecule has 0 aliphatic heterocycles. The minimum absolute atomic E-state index is 0. The number of halogens is 1. The normalized spacial score (nSPS) is 10.6. The van der Waals surface area contributed by atoms with Crippen molar-refractivity contribution in [1.82, 2.24) is 10.6 Å². The predicted molar refractivity (Wildman–Crippen MR) is 75.1 cm³/mol. The number of aliphatic imine (C=N–C) groups is 1. The summed E-state index contributed by atoms with van der Waals surface area (Å²) < 4.78 is 5.17. The van der Waals surface area contributed by atoms with Crippen LogP contribution in [0.2, 0.25) is 0 Å². The second-order valence-electron chi connectivity index (χ2n) is 3.56. The summed E-state index contributed by atoms with van der Waals surface area (Å²) in [5, 5.41) is 12.9. The first kappa shape index (κ1) is 16.3. The van der Waals surface area contributed by atoms with E-state index in [9.17, 15) is 0 Å². The molecule has 1 heterocycles. The van der Waals surface area contributed by atoms with Gasteiger partial charge in [-0.3, -0.25) is 10.7 Å². The van der Waals surface area contributed by atoms with Crippen LogP contribution in [0.4, 0.5) is 0 Å². The van der Waals surface area contributed by atoms with E-state index in [4.69, 9.17) is 15.6 Å². The average Bonchev–Trinajstić information content (AvgIpc) is 2.78. The third-order valence-corrected chi connectivity index (χ3v) is 2.05. The van der Waals surface area contributed by atoms with E-state index in [1.54, 1.807) is 6.26 Å². The van der Waals surface area contributed by atoms with Gasteiger partial charge in [0.15, 0.2) is 11.9 Å². The van der Waals surface area contributed by atoms with Gasteiger partial charge in [-0.05, 0) is 18.6 Å². The zero-order valence-corrected chi connectivity index (χ0v) is 11.2. The number of hydrogen-bond donors (Lipinski definition) is 4. The number of guanidine groups is 2. The first-order valence-electron chi connectivity index (χ1n) is 5.64. The molecule has 0 bridgehead atoms. The maximum atomic E-state index is 7.18. The Labute approximate surface area is 113 Å². The molecule has 7 heteroatoms. The minimum atomic E-state index is -0.132. The SMILES string of the molecule is CCCCNC(=NCc1ccco1)NC(=N)N.Cl. The molecule has 0 aliphatic carbocycles. The average molecular weight is 274 g/mol. The molecule has 18 heavy (non-hydrogen) atoms. The van der Waals surface area contributed by atoms with Crippen molar-refractivity contribution in [3.8, 4) is 0 Å². The molecule has 0 radical (unpaired) electrons. The van der Waals surface area contributed by atoms with Crippen LogP contribution in [0.5, 0.6) is 0 Å². The molecule has 0 saturated heterocycles. The first-order chi connectivity index (χ1) is 8.22. The molecule has 0 saturated carbocycles. The van der Waals surface area contributed by atoms with Crippen LogP contribution in [-0.4, -0.2) is 18.5 Å². The Hall–Kier alpha value is -1.69. The molecule has 0 aromatic carbocycles. The summed E-state index contributed by atoms with van der Waals surface area (Å²) >= 11 is 0. The standard InChI is InChI=1S/C11H19N5O.ClH/c1-2-3-6-14-11(16-10(12)13)15-8-9-5-4-7-17-9;/h4-5,7H,2-3,6,8H2,1H3,(H5,12,13,14,15,16);1H. The van der Waals surface area contributed by atoms with Crippen molar-refractivity contribution in [2.75, 3.05) is 6.54 Å². The molecule has 0 spiro atoms. The Kier molecular flexibility index (Phi) is 8.47. The Balaban J connectivity index is 0.00000289. The Morgan fingerprint density at radius 2 is 2.33 bits per heavy atom. The van der Waals surface area contributed by atoms with Gasteiger partial charge in [0.2, 0.25) is 0 Å². The molecule has 5 N–H and O–H groups in total. The number of hydrogen-bond acceptors (Lipinski definition) is 3. The fourth-order valence-electron chi connectivity index (χ4n) is 1.21. The lowest BCUT2D eigenvalue weighted by molar-refractivity contribution is 0.512. The van der Waals surface area contributed by atoms with E-state index in [2.05, 4.69) is 22.5 Å². The number of nitrogens with zero attached hydrogens (tertiary/aromatic N) is 1. The fraction of sp³-hybridized carbons (Fsp3) is 0.455. The predicted octanol–water partition coefficient (Wildman–Crippen LogP) is 1.43. The number of unbranched alkanes of at least 4 members (excludes halogenated alkanes) is 1. The highest BCUT2D eigenvalue weighted by Gasteiger charge is 2.00. The van der Waals surface area contributed by atoms with Gasteiger partial charge in [-0.1, -0.05) is 13.3 Å². The third-order valence-electron chi connectivity index (χ3n) is 2.05. The largest absolute Gasteiger partial charge is 0.467 e.